The zero-order valence-corrected chi connectivity index (χ0v) is 11.4. The number of pyridine rings is 1. The highest BCUT2D eigenvalue weighted by Crippen LogP contribution is 2.12. The van der Waals surface area contributed by atoms with E-state index in [1.165, 1.54) is 0 Å². The van der Waals surface area contributed by atoms with E-state index < -0.39 is 0 Å². The van der Waals surface area contributed by atoms with Crippen molar-refractivity contribution in [1.29, 1.82) is 0 Å². The predicted octanol–water partition coefficient (Wildman–Crippen LogP) is 1.85. The van der Waals surface area contributed by atoms with Gasteiger partial charge in [-0.05, 0) is 19.1 Å². The van der Waals surface area contributed by atoms with Crippen LogP contribution in [0.15, 0.2) is 23.0 Å². The molecule has 6 heteroatoms. The quantitative estimate of drug-likeness (QED) is 0.856. The van der Waals surface area contributed by atoms with Crippen LogP contribution >= 0.6 is 0 Å². The monoisotopic (exact) mass is 262 g/mol. The van der Waals surface area contributed by atoms with Gasteiger partial charge in [-0.2, -0.15) is 0 Å². The molecule has 0 saturated carbocycles. The third-order valence-corrected chi connectivity index (χ3v) is 2.61. The number of aryl methyl sites for hydroxylation is 1. The van der Waals surface area contributed by atoms with Crippen molar-refractivity contribution in [3.05, 3.63) is 35.4 Å². The van der Waals surface area contributed by atoms with Gasteiger partial charge in [-0.15, -0.1) is 0 Å². The van der Waals surface area contributed by atoms with Gasteiger partial charge in [-0.1, -0.05) is 24.2 Å². The number of hydrogen-bond acceptors (Lipinski definition) is 6. The van der Waals surface area contributed by atoms with E-state index in [1.807, 2.05) is 19.1 Å². The van der Waals surface area contributed by atoms with E-state index in [1.54, 1.807) is 6.20 Å². The molecule has 2 rings (SSSR count). The largest absolute Gasteiger partial charge is 0.485 e. The van der Waals surface area contributed by atoms with Crippen molar-refractivity contribution in [2.45, 2.75) is 40.0 Å². The second-order valence-corrected chi connectivity index (χ2v) is 4.61. The Balaban J connectivity index is 1.86. The molecule has 0 amide bonds. The van der Waals surface area contributed by atoms with Crippen LogP contribution in [0.2, 0.25) is 0 Å². The van der Waals surface area contributed by atoms with Crippen LogP contribution in [0.1, 0.15) is 30.9 Å². The van der Waals surface area contributed by atoms with Gasteiger partial charge in [0.1, 0.15) is 23.7 Å². The molecule has 102 valence electrons. The molecule has 0 saturated heterocycles. The fourth-order valence-corrected chi connectivity index (χ4v) is 1.44. The third-order valence-electron chi connectivity index (χ3n) is 2.61. The van der Waals surface area contributed by atoms with Crippen LogP contribution in [0.5, 0.6) is 5.75 Å². The highest BCUT2D eigenvalue weighted by Gasteiger charge is 2.06. The van der Waals surface area contributed by atoms with E-state index in [0.29, 0.717) is 24.1 Å². The Morgan fingerprint density at radius 3 is 2.74 bits per heavy atom. The van der Waals surface area contributed by atoms with Gasteiger partial charge in [-0.3, -0.25) is 4.98 Å². The minimum atomic E-state index is 0.334. The highest BCUT2D eigenvalue weighted by molar-refractivity contribution is 5.20. The van der Waals surface area contributed by atoms with Crippen LogP contribution in [-0.2, 0) is 13.2 Å². The molecule has 0 bridgehead atoms. The Kier molecular flexibility index (Phi) is 4.46. The topological polar surface area (TPSA) is 73.1 Å². The van der Waals surface area contributed by atoms with Crippen molar-refractivity contribution < 1.29 is 9.37 Å². The van der Waals surface area contributed by atoms with E-state index in [-0.39, 0.29) is 0 Å². The van der Waals surface area contributed by atoms with E-state index >= 15 is 0 Å². The molecule has 0 radical (unpaired) electrons. The van der Waals surface area contributed by atoms with Crippen molar-refractivity contribution in [3.8, 4) is 5.75 Å². The number of rotatable bonds is 6. The van der Waals surface area contributed by atoms with Gasteiger partial charge in [0, 0.05) is 12.6 Å². The van der Waals surface area contributed by atoms with Crippen molar-refractivity contribution >= 4 is 0 Å². The zero-order chi connectivity index (χ0) is 13.7. The molecule has 0 unspecified atom stereocenters. The smallest absolute Gasteiger partial charge is 0.145 e. The summed E-state index contributed by atoms with van der Waals surface area (Å²) in [6, 6.07) is 4.28. The Bertz CT molecular complexity index is 508. The number of aromatic nitrogens is 3. The summed E-state index contributed by atoms with van der Waals surface area (Å²) in [6.45, 7) is 7.12. The second kappa shape index (κ2) is 6.29. The van der Waals surface area contributed by atoms with Crippen LogP contribution in [0.3, 0.4) is 0 Å². The lowest BCUT2D eigenvalue weighted by Gasteiger charge is -2.08. The maximum absolute atomic E-state index is 5.57. The summed E-state index contributed by atoms with van der Waals surface area (Å²) in [7, 11) is 0. The number of nitrogens with one attached hydrogen (secondary N) is 1. The molecule has 1 N–H and O–H groups in total. The van der Waals surface area contributed by atoms with Crippen molar-refractivity contribution in [1.82, 2.24) is 20.6 Å². The normalized spacial score (nSPS) is 10.9. The van der Waals surface area contributed by atoms with Crippen LogP contribution in [-0.4, -0.2) is 21.3 Å². The fourth-order valence-electron chi connectivity index (χ4n) is 1.44. The van der Waals surface area contributed by atoms with E-state index in [9.17, 15) is 0 Å². The molecule has 0 aliphatic rings. The van der Waals surface area contributed by atoms with E-state index in [0.717, 1.165) is 17.9 Å². The van der Waals surface area contributed by atoms with Gasteiger partial charge in [0.25, 0.3) is 0 Å². The first kappa shape index (κ1) is 13.5. The summed E-state index contributed by atoms with van der Waals surface area (Å²) in [4.78, 5) is 4.33. The molecule has 0 fully saturated rings. The van der Waals surface area contributed by atoms with Crippen LogP contribution in [0.4, 0.5) is 0 Å². The highest BCUT2D eigenvalue weighted by atomic mass is 16.6. The molecule has 0 spiro atoms. The molecule has 0 aliphatic heterocycles. The van der Waals surface area contributed by atoms with Gasteiger partial charge in [0.15, 0.2) is 0 Å². The predicted molar refractivity (Wildman–Crippen MR) is 69.6 cm³/mol. The summed E-state index contributed by atoms with van der Waals surface area (Å²) in [6.07, 6.45) is 1.71. The molecule has 19 heavy (non-hydrogen) atoms. The number of hydrogen-bond donors (Lipinski definition) is 1. The van der Waals surface area contributed by atoms with Crippen molar-refractivity contribution in [2.75, 3.05) is 0 Å². The SMILES string of the molecule is Cc1nonc1COc1ccc(CNC(C)C)nc1. The number of nitrogens with zero attached hydrogens (tertiary/aromatic N) is 3. The third kappa shape index (κ3) is 4.03. The summed E-state index contributed by atoms with van der Waals surface area (Å²) < 4.78 is 10.2. The molecule has 0 atom stereocenters. The molecule has 2 aromatic rings. The number of ether oxygens (including phenoxy) is 1. The maximum atomic E-state index is 5.57. The summed E-state index contributed by atoms with van der Waals surface area (Å²) in [5, 5.41) is 10.8. The first-order valence-electron chi connectivity index (χ1n) is 6.24. The average molecular weight is 262 g/mol. The lowest BCUT2D eigenvalue weighted by atomic mass is 10.3. The van der Waals surface area contributed by atoms with Crippen LogP contribution in [0, 0.1) is 6.92 Å². The van der Waals surface area contributed by atoms with E-state index in [4.69, 9.17) is 4.74 Å². The summed E-state index contributed by atoms with van der Waals surface area (Å²) in [5.41, 5.74) is 2.43. The van der Waals surface area contributed by atoms with E-state index in [2.05, 4.69) is 39.1 Å². The Morgan fingerprint density at radius 2 is 2.16 bits per heavy atom. The van der Waals surface area contributed by atoms with Gasteiger partial charge < -0.3 is 10.1 Å². The molecule has 2 heterocycles. The van der Waals surface area contributed by atoms with Gasteiger partial charge in [0.2, 0.25) is 0 Å². The molecule has 2 aromatic heterocycles. The molecule has 0 aliphatic carbocycles. The molecular weight excluding hydrogens is 244 g/mol. The standard InChI is InChI=1S/C13H18N4O2/c1-9(2)14-6-11-4-5-12(7-15-11)18-8-13-10(3)16-19-17-13/h4-5,7,9,14H,6,8H2,1-3H3. The molecule has 0 aromatic carbocycles. The van der Waals surface area contributed by atoms with Crippen LogP contribution in [0.25, 0.3) is 0 Å². The summed E-state index contributed by atoms with van der Waals surface area (Å²) >= 11 is 0. The lowest BCUT2D eigenvalue weighted by Crippen LogP contribution is -2.22. The van der Waals surface area contributed by atoms with Crippen molar-refractivity contribution in [2.24, 2.45) is 0 Å². The average Bonchev–Trinajstić information content (AvgIpc) is 2.81. The first-order valence-corrected chi connectivity index (χ1v) is 6.24. The first-order chi connectivity index (χ1) is 9.15. The summed E-state index contributed by atoms with van der Waals surface area (Å²) in [5.74, 6) is 0.704. The zero-order valence-electron chi connectivity index (χ0n) is 11.4. The minimum Gasteiger partial charge on any atom is -0.485 e. The molecule has 6 nitrogen and oxygen atoms in total. The van der Waals surface area contributed by atoms with Crippen LogP contribution < -0.4 is 10.1 Å². The Labute approximate surface area is 112 Å². The molecular formula is C13H18N4O2. The Hall–Kier alpha value is -1.95. The fraction of sp³-hybridized carbons (Fsp3) is 0.462. The van der Waals surface area contributed by atoms with Gasteiger partial charge in [0.05, 0.1) is 11.9 Å². The lowest BCUT2D eigenvalue weighted by molar-refractivity contribution is 0.269. The maximum Gasteiger partial charge on any atom is 0.145 e. The Morgan fingerprint density at radius 1 is 1.32 bits per heavy atom. The minimum absolute atomic E-state index is 0.334. The van der Waals surface area contributed by atoms with Gasteiger partial charge in [-0.25, -0.2) is 4.63 Å². The van der Waals surface area contributed by atoms with Crippen molar-refractivity contribution in [3.63, 3.8) is 0 Å². The van der Waals surface area contributed by atoms with Gasteiger partial charge >= 0.3 is 0 Å². The second-order valence-electron chi connectivity index (χ2n) is 4.61.